The van der Waals surface area contributed by atoms with Gasteiger partial charge in [-0.3, -0.25) is 0 Å². The molecular weight excluding hydrogens is 657 g/mol. The molecule has 0 fully saturated rings. The predicted octanol–water partition coefficient (Wildman–Crippen LogP) is 12.3. The summed E-state index contributed by atoms with van der Waals surface area (Å²) in [4.78, 5) is 0. The maximum absolute atomic E-state index is 7.73. The Morgan fingerprint density at radius 3 is 1.23 bits per heavy atom. The third-order valence-corrected chi connectivity index (χ3v) is 14.4. The first-order valence-corrected chi connectivity index (χ1v) is 21.2. The number of allylic oxidation sites excluding steroid dienone is 2. The van der Waals surface area contributed by atoms with Crippen LogP contribution in [0.2, 0.25) is 0 Å². The van der Waals surface area contributed by atoms with E-state index >= 15 is 0 Å². The van der Waals surface area contributed by atoms with Crippen LogP contribution in [0.4, 0.5) is 0 Å². The van der Waals surface area contributed by atoms with Gasteiger partial charge in [0.1, 0.15) is 0 Å². The third kappa shape index (κ3) is 8.45. The van der Waals surface area contributed by atoms with E-state index in [4.69, 9.17) is 4.43 Å². The molecule has 6 aromatic rings. The molecule has 0 saturated carbocycles. The van der Waals surface area contributed by atoms with Crippen molar-refractivity contribution in [3.05, 3.63) is 210 Å². The van der Waals surface area contributed by atoms with Crippen molar-refractivity contribution in [2.24, 2.45) is 0 Å². The van der Waals surface area contributed by atoms with E-state index in [9.17, 15) is 0 Å². The van der Waals surface area contributed by atoms with Crippen LogP contribution in [0, 0.1) is 11.8 Å². The second kappa shape index (κ2) is 18.3. The third-order valence-electron chi connectivity index (χ3n) is 10.2. The molecule has 0 aliphatic carbocycles. The highest BCUT2D eigenvalue weighted by Gasteiger charge is 2.54. The van der Waals surface area contributed by atoms with Gasteiger partial charge in [-0.05, 0) is 74.0 Å². The molecule has 262 valence electrons. The van der Waals surface area contributed by atoms with E-state index in [0.717, 1.165) is 18.4 Å². The van der Waals surface area contributed by atoms with Crippen LogP contribution in [0.5, 0.6) is 0 Å². The summed E-state index contributed by atoms with van der Waals surface area (Å²) in [6.07, 6.45) is 9.34. The molecule has 0 atom stereocenters. The minimum atomic E-state index is -3.11. The lowest BCUT2D eigenvalue weighted by atomic mass is 9.89. The Kier molecular flexibility index (Phi) is 12.4. The molecular formula is C51H48OSi. The smallest absolute Gasteiger partial charge is 0.290 e. The fraction of sp³-hybridized carbons (Fsp3) is 0.176. The lowest BCUT2D eigenvalue weighted by molar-refractivity contribution is 0.310. The van der Waals surface area contributed by atoms with E-state index in [1.807, 2.05) is 18.2 Å². The Balaban J connectivity index is 1.21. The van der Waals surface area contributed by atoms with Gasteiger partial charge in [0, 0.05) is 18.6 Å². The summed E-state index contributed by atoms with van der Waals surface area (Å²) >= 11 is 0. The van der Waals surface area contributed by atoms with Crippen LogP contribution in [0.25, 0.3) is 21.5 Å². The Labute approximate surface area is 317 Å². The van der Waals surface area contributed by atoms with E-state index in [-0.39, 0.29) is 0 Å². The van der Waals surface area contributed by atoms with Crippen molar-refractivity contribution in [1.29, 1.82) is 0 Å². The fourth-order valence-corrected chi connectivity index (χ4v) is 12.5. The molecule has 0 saturated heterocycles. The lowest BCUT2D eigenvalue weighted by Crippen LogP contribution is -2.53. The highest BCUT2D eigenvalue weighted by atomic mass is 28.4. The van der Waals surface area contributed by atoms with Crippen molar-refractivity contribution in [3.63, 3.8) is 0 Å². The van der Waals surface area contributed by atoms with E-state index in [2.05, 4.69) is 176 Å². The van der Waals surface area contributed by atoms with Crippen LogP contribution in [-0.4, -0.2) is 14.9 Å². The molecule has 1 aliphatic heterocycles. The first-order valence-electron chi connectivity index (χ1n) is 19.3. The molecule has 0 radical (unpaired) electrons. The van der Waals surface area contributed by atoms with Crippen LogP contribution >= 0.6 is 0 Å². The average molecular weight is 705 g/mol. The zero-order valence-electron chi connectivity index (χ0n) is 30.6. The first-order chi connectivity index (χ1) is 26.4. The van der Waals surface area contributed by atoms with Crippen molar-refractivity contribution in [2.45, 2.75) is 51.4 Å². The summed E-state index contributed by atoms with van der Waals surface area (Å²) in [5.74, 6) is 6.64. The summed E-state index contributed by atoms with van der Waals surface area (Å²) in [5.41, 5.74) is 8.58. The minimum absolute atomic E-state index is 0.715. The molecule has 0 N–H and O–H groups in total. The summed E-state index contributed by atoms with van der Waals surface area (Å²) < 4.78 is 7.73. The highest BCUT2D eigenvalue weighted by Crippen LogP contribution is 2.55. The minimum Gasteiger partial charge on any atom is -0.404 e. The van der Waals surface area contributed by atoms with Gasteiger partial charge < -0.3 is 4.43 Å². The molecule has 53 heavy (non-hydrogen) atoms. The zero-order valence-corrected chi connectivity index (χ0v) is 31.6. The van der Waals surface area contributed by atoms with Gasteiger partial charge in [-0.25, -0.2) is 0 Å². The summed E-state index contributed by atoms with van der Waals surface area (Å²) in [6, 6.07) is 65.5. The van der Waals surface area contributed by atoms with Crippen LogP contribution in [-0.2, 0) is 4.43 Å². The molecule has 0 bridgehead atoms. The van der Waals surface area contributed by atoms with Gasteiger partial charge in [0.25, 0.3) is 8.32 Å². The Morgan fingerprint density at radius 1 is 0.377 bits per heavy atom. The van der Waals surface area contributed by atoms with E-state index in [0.29, 0.717) is 6.61 Å². The Hall–Kier alpha value is -5.46. The van der Waals surface area contributed by atoms with E-state index in [1.165, 1.54) is 87.5 Å². The lowest BCUT2D eigenvalue weighted by Gasteiger charge is -2.35. The van der Waals surface area contributed by atoms with Crippen LogP contribution < -0.4 is 5.19 Å². The molecule has 0 unspecified atom stereocenters. The summed E-state index contributed by atoms with van der Waals surface area (Å²) in [7, 11) is -3.11. The van der Waals surface area contributed by atoms with Gasteiger partial charge in [0.15, 0.2) is 0 Å². The molecule has 1 aliphatic rings. The quantitative estimate of drug-likeness (QED) is 0.0587. The van der Waals surface area contributed by atoms with Gasteiger partial charge in [-0.2, -0.15) is 0 Å². The monoisotopic (exact) mass is 704 g/mol. The zero-order chi connectivity index (χ0) is 36.0. The standard InChI is InChI=1S/C51H48OSi/c1(2-4-6-14-28-42-29-15-8-16-30-42)3-5-7-27-41-52-53(47-39-25-13-26-40-47)50(45-35-21-11-22-36-45)48(43-31-17-9-18-32-43)49(44-33-19-10-20-34-44)51(53)46-37-23-12-24-38-46/h8-13,15-26,29-40H,1-7,27,41H2. The largest absolute Gasteiger partial charge is 0.404 e. The molecule has 0 amide bonds. The number of rotatable bonds is 15. The summed E-state index contributed by atoms with van der Waals surface area (Å²) in [5, 5.41) is 3.96. The Morgan fingerprint density at radius 2 is 0.755 bits per heavy atom. The second-order valence-corrected chi connectivity index (χ2v) is 17.0. The Bertz CT molecular complexity index is 2050. The van der Waals surface area contributed by atoms with Crippen LogP contribution in [0.1, 0.15) is 79.2 Å². The van der Waals surface area contributed by atoms with Gasteiger partial charge in [0.05, 0.1) is 0 Å². The van der Waals surface area contributed by atoms with Crippen molar-refractivity contribution >= 4 is 35.0 Å². The average Bonchev–Trinajstić information content (AvgIpc) is 3.55. The molecule has 0 spiro atoms. The van der Waals surface area contributed by atoms with Gasteiger partial charge in [-0.1, -0.05) is 214 Å². The first kappa shape index (κ1) is 35.9. The van der Waals surface area contributed by atoms with Crippen LogP contribution in [0.3, 0.4) is 0 Å². The van der Waals surface area contributed by atoms with Crippen molar-refractivity contribution in [1.82, 2.24) is 0 Å². The predicted molar refractivity (Wildman–Crippen MR) is 227 cm³/mol. The van der Waals surface area contributed by atoms with Crippen LogP contribution in [0.15, 0.2) is 182 Å². The van der Waals surface area contributed by atoms with Gasteiger partial charge in [-0.15, -0.1) is 0 Å². The fourth-order valence-electron chi connectivity index (χ4n) is 7.72. The number of hydrogen-bond donors (Lipinski definition) is 0. The molecule has 1 heterocycles. The number of hydrogen-bond acceptors (Lipinski definition) is 1. The molecule has 7 rings (SSSR count). The highest BCUT2D eigenvalue weighted by molar-refractivity contribution is 7.18. The van der Waals surface area contributed by atoms with Gasteiger partial charge in [0.2, 0.25) is 0 Å². The van der Waals surface area contributed by atoms with Crippen molar-refractivity contribution in [2.75, 3.05) is 6.61 Å². The van der Waals surface area contributed by atoms with Crippen molar-refractivity contribution < 1.29 is 4.43 Å². The molecule has 0 aromatic heterocycles. The molecule has 1 nitrogen and oxygen atoms in total. The maximum Gasteiger partial charge on any atom is 0.290 e. The maximum atomic E-state index is 7.73. The number of benzene rings is 6. The topological polar surface area (TPSA) is 9.23 Å². The molecule has 2 heteroatoms. The summed E-state index contributed by atoms with van der Waals surface area (Å²) in [6.45, 7) is 0.715. The normalized spacial score (nSPS) is 13.5. The van der Waals surface area contributed by atoms with E-state index < -0.39 is 8.32 Å². The molecule has 6 aromatic carbocycles. The van der Waals surface area contributed by atoms with Gasteiger partial charge >= 0.3 is 0 Å². The second-order valence-electron chi connectivity index (χ2n) is 13.8. The SMILES string of the molecule is C(#Cc1ccccc1)CCCCCCCCCO[Si]1(c2ccccc2)C(c2ccccc2)=C(c2ccccc2)C(c2ccccc2)=C1c1ccccc1. The number of unbranched alkanes of at least 4 members (excludes halogenated alkanes) is 7. The van der Waals surface area contributed by atoms with Crippen molar-refractivity contribution in [3.8, 4) is 11.8 Å². The van der Waals surface area contributed by atoms with E-state index in [1.54, 1.807) is 0 Å².